The lowest BCUT2D eigenvalue weighted by atomic mass is 9.44. The van der Waals surface area contributed by atoms with Gasteiger partial charge in [-0.3, -0.25) is 4.79 Å². The van der Waals surface area contributed by atoms with E-state index in [4.69, 9.17) is 9.47 Å². The molecule has 0 aliphatic heterocycles. The quantitative estimate of drug-likeness (QED) is 0.0365. The number of unbranched alkanes of at least 4 members (excludes halogenated alkanes) is 14. The Labute approximate surface area is 416 Å². The maximum absolute atomic E-state index is 13.2. The molecule has 2 N–H and O–H groups in total. The number of aliphatic hydroxyl groups excluding tert-OH is 2. The Morgan fingerprint density at radius 2 is 1.21 bits per heavy atom. The van der Waals surface area contributed by atoms with Crippen LogP contribution in [0.5, 0.6) is 0 Å². The van der Waals surface area contributed by atoms with Crippen LogP contribution < -0.4 is 0 Å². The van der Waals surface area contributed by atoms with Gasteiger partial charge in [0.1, 0.15) is 6.10 Å². The largest absolute Gasteiger partial charge is 0.462 e. The van der Waals surface area contributed by atoms with Crippen LogP contribution in [-0.2, 0) is 14.3 Å². The summed E-state index contributed by atoms with van der Waals surface area (Å²) >= 11 is 0. The minimum atomic E-state index is -0.631. The fraction of sp³-hybridized carbons (Fsp3) is 0.984. The number of carbonyl (C=O) groups is 1. The second-order valence-electron chi connectivity index (χ2n) is 24.6. The molecule has 0 radical (unpaired) electrons. The third kappa shape index (κ3) is 19.4. The Hall–Kier alpha value is -0.690. The van der Waals surface area contributed by atoms with Crippen molar-refractivity contribution >= 4 is 5.97 Å². The van der Waals surface area contributed by atoms with Gasteiger partial charge in [-0.1, -0.05) is 152 Å². The zero-order valence-corrected chi connectivity index (χ0v) is 46.0. The van der Waals surface area contributed by atoms with E-state index in [1.165, 1.54) is 141 Å². The van der Waals surface area contributed by atoms with Gasteiger partial charge in [0, 0.05) is 13.0 Å². The summed E-state index contributed by atoms with van der Waals surface area (Å²) in [6.45, 7) is 23.3. The standard InChI is InChI=1S/C61H115NO5/c1-9-12-14-16-17-22-30-52(29-21-15-13-10-2)66-58(64)31-23-18-19-25-43-62(45-27-28-46-63)44-26-20-24-32-59(65)67-53-39-41-60(7)51(47-53)35-36-54-56-38-37-55(61(56,8)42-40-57(54)60)49(6)33-34-50(11-3)48(4)5/h48-58,63-64H,9-47H2,1-8H3/t49-,50?,51?,52?,53+,54+,55-,56+,57+,58?,60+,61-/m1/s1. The summed E-state index contributed by atoms with van der Waals surface area (Å²) in [6.07, 6.45) is 41.6. The number of hydrogen-bond donors (Lipinski definition) is 2. The SMILES string of the molecule is CCCCCCCCC(CCCCCC)OC(O)CCCCCCN(CCCCO)CCCCCC(=O)O[C@H]1CC[C@@]2(C)C(CC[C@H]3[C@@H]4CC[C@H]([C@H](C)CCC(CC)C(C)C)[C@@]4(C)CC[C@@H]32)C1. The Morgan fingerprint density at radius 3 is 1.87 bits per heavy atom. The minimum Gasteiger partial charge on any atom is -0.462 e. The molecule has 0 bridgehead atoms. The fourth-order valence-corrected chi connectivity index (χ4v) is 15.3. The molecule has 0 heterocycles. The van der Waals surface area contributed by atoms with Crippen molar-refractivity contribution in [2.75, 3.05) is 26.2 Å². The smallest absolute Gasteiger partial charge is 0.306 e. The van der Waals surface area contributed by atoms with Crippen LogP contribution in [0.15, 0.2) is 0 Å². The van der Waals surface area contributed by atoms with Gasteiger partial charge in [0.15, 0.2) is 6.29 Å². The van der Waals surface area contributed by atoms with E-state index in [1.54, 1.807) is 0 Å². The number of rotatable bonds is 38. The predicted molar refractivity (Wildman–Crippen MR) is 284 cm³/mol. The molecule has 12 atom stereocenters. The van der Waals surface area contributed by atoms with Crippen LogP contribution in [0, 0.1) is 58.2 Å². The van der Waals surface area contributed by atoms with Gasteiger partial charge >= 0.3 is 5.97 Å². The molecule has 4 unspecified atom stereocenters. The summed E-state index contributed by atoms with van der Waals surface area (Å²) in [5.41, 5.74) is 0.965. The highest BCUT2D eigenvalue weighted by Gasteiger charge is 2.60. The molecule has 4 rings (SSSR count). The van der Waals surface area contributed by atoms with Crippen LogP contribution in [0.4, 0.5) is 0 Å². The van der Waals surface area contributed by atoms with E-state index in [2.05, 4.69) is 60.3 Å². The minimum absolute atomic E-state index is 0.0381. The van der Waals surface area contributed by atoms with Crippen LogP contribution in [0.1, 0.15) is 280 Å². The summed E-state index contributed by atoms with van der Waals surface area (Å²) in [4.78, 5) is 15.8. The summed E-state index contributed by atoms with van der Waals surface area (Å²) in [5, 5.41) is 20.2. The number of fused-ring (bicyclic) bond motifs is 5. The highest BCUT2D eigenvalue weighted by molar-refractivity contribution is 5.69. The Kier molecular flexibility index (Phi) is 28.5. The zero-order chi connectivity index (χ0) is 48.5. The maximum atomic E-state index is 13.2. The molecule has 394 valence electrons. The molecule has 0 spiro atoms. The molecule has 0 amide bonds. The van der Waals surface area contributed by atoms with E-state index in [0.29, 0.717) is 23.2 Å². The van der Waals surface area contributed by atoms with E-state index in [0.717, 1.165) is 138 Å². The van der Waals surface area contributed by atoms with E-state index < -0.39 is 6.29 Å². The van der Waals surface area contributed by atoms with Crippen LogP contribution in [0.3, 0.4) is 0 Å². The zero-order valence-electron chi connectivity index (χ0n) is 46.0. The normalized spacial score (nSPS) is 29.1. The molecular weight excluding hydrogens is 827 g/mol. The van der Waals surface area contributed by atoms with Crippen molar-refractivity contribution in [3.05, 3.63) is 0 Å². The lowest BCUT2D eigenvalue weighted by Crippen LogP contribution is -2.54. The summed E-state index contributed by atoms with van der Waals surface area (Å²) in [5.74, 6) is 6.91. The first-order valence-corrected chi connectivity index (χ1v) is 30.3. The Morgan fingerprint density at radius 1 is 0.627 bits per heavy atom. The van der Waals surface area contributed by atoms with Gasteiger partial charge in [-0.2, -0.15) is 0 Å². The molecule has 0 aromatic carbocycles. The first-order valence-electron chi connectivity index (χ1n) is 30.3. The van der Waals surface area contributed by atoms with Gasteiger partial charge < -0.3 is 24.6 Å². The predicted octanol–water partition coefficient (Wildman–Crippen LogP) is 16.7. The number of esters is 1. The number of hydrogen-bond acceptors (Lipinski definition) is 6. The summed E-state index contributed by atoms with van der Waals surface area (Å²) in [7, 11) is 0. The van der Waals surface area contributed by atoms with Crippen molar-refractivity contribution in [1.29, 1.82) is 0 Å². The van der Waals surface area contributed by atoms with Crippen LogP contribution in [0.2, 0.25) is 0 Å². The first kappa shape index (κ1) is 58.9. The van der Waals surface area contributed by atoms with E-state index in [-0.39, 0.29) is 24.8 Å². The van der Waals surface area contributed by atoms with Crippen LogP contribution >= 0.6 is 0 Å². The monoisotopic (exact) mass is 942 g/mol. The number of ether oxygens (including phenoxy) is 2. The van der Waals surface area contributed by atoms with E-state index >= 15 is 0 Å². The fourth-order valence-electron chi connectivity index (χ4n) is 15.3. The topological polar surface area (TPSA) is 79.2 Å². The van der Waals surface area contributed by atoms with Gasteiger partial charge in [0.2, 0.25) is 0 Å². The molecule has 4 aliphatic rings. The third-order valence-electron chi connectivity index (χ3n) is 19.7. The van der Waals surface area contributed by atoms with Crippen molar-refractivity contribution < 1.29 is 24.5 Å². The lowest BCUT2D eigenvalue weighted by Gasteiger charge is -2.61. The molecule has 0 saturated heterocycles. The summed E-state index contributed by atoms with van der Waals surface area (Å²) in [6, 6.07) is 0. The number of nitrogens with zero attached hydrogens (tertiary/aromatic N) is 1. The highest BCUT2D eigenvalue weighted by atomic mass is 16.6. The second kappa shape index (κ2) is 32.4. The molecule has 4 fully saturated rings. The van der Waals surface area contributed by atoms with Gasteiger partial charge in [0.25, 0.3) is 0 Å². The average Bonchev–Trinajstić information content (AvgIpc) is 3.67. The van der Waals surface area contributed by atoms with Crippen molar-refractivity contribution in [3.63, 3.8) is 0 Å². The van der Waals surface area contributed by atoms with Crippen molar-refractivity contribution in [3.8, 4) is 0 Å². The highest BCUT2D eigenvalue weighted by Crippen LogP contribution is 2.68. The molecular formula is C61H115NO5. The molecule has 67 heavy (non-hydrogen) atoms. The van der Waals surface area contributed by atoms with E-state index in [9.17, 15) is 15.0 Å². The van der Waals surface area contributed by atoms with Gasteiger partial charge in [-0.05, 0) is 200 Å². The molecule has 4 saturated carbocycles. The van der Waals surface area contributed by atoms with Crippen LogP contribution in [-0.4, -0.2) is 65.8 Å². The van der Waals surface area contributed by atoms with Crippen LogP contribution in [0.25, 0.3) is 0 Å². The van der Waals surface area contributed by atoms with Crippen molar-refractivity contribution in [2.24, 2.45) is 58.2 Å². The van der Waals surface area contributed by atoms with Crippen molar-refractivity contribution in [1.82, 2.24) is 4.90 Å². The third-order valence-corrected chi connectivity index (χ3v) is 19.7. The molecule has 6 nitrogen and oxygen atoms in total. The van der Waals surface area contributed by atoms with Gasteiger partial charge in [0.05, 0.1) is 6.10 Å². The maximum Gasteiger partial charge on any atom is 0.306 e. The molecule has 0 aromatic heterocycles. The van der Waals surface area contributed by atoms with Gasteiger partial charge in [-0.25, -0.2) is 0 Å². The lowest BCUT2D eigenvalue weighted by molar-refractivity contribution is -0.163. The summed E-state index contributed by atoms with van der Waals surface area (Å²) < 4.78 is 12.5. The Bertz CT molecular complexity index is 1280. The molecule has 6 heteroatoms. The molecule has 4 aliphatic carbocycles. The number of aliphatic hydroxyl groups is 2. The molecule has 0 aromatic rings. The first-order chi connectivity index (χ1) is 32.4. The Balaban J connectivity index is 1.10. The number of carbonyl (C=O) groups excluding carboxylic acids is 1. The van der Waals surface area contributed by atoms with E-state index in [1.807, 2.05) is 0 Å². The average molecular weight is 943 g/mol. The van der Waals surface area contributed by atoms with Crippen molar-refractivity contribution in [2.45, 2.75) is 299 Å². The van der Waals surface area contributed by atoms with Gasteiger partial charge in [-0.15, -0.1) is 0 Å². The second-order valence-corrected chi connectivity index (χ2v) is 24.6.